The third-order valence-electron chi connectivity index (χ3n) is 4.14. The van der Waals surface area contributed by atoms with Crippen LogP contribution in [0.2, 0.25) is 0 Å². The molecule has 2 atom stereocenters. The van der Waals surface area contributed by atoms with Gasteiger partial charge in [-0.15, -0.1) is 11.3 Å². The maximum Gasteiger partial charge on any atom is 0.427 e. The summed E-state index contributed by atoms with van der Waals surface area (Å²) in [6.45, 7) is 4.55. The van der Waals surface area contributed by atoms with Crippen molar-refractivity contribution in [3.8, 4) is 0 Å². The van der Waals surface area contributed by atoms with Crippen LogP contribution >= 0.6 is 11.3 Å². The molecule has 1 N–H and O–H groups in total. The summed E-state index contributed by atoms with van der Waals surface area (Å²) in [5.41, 5.74) is -0.127. The van der Waals surface area contributed by atoms with Gasteiger partial charge in [-0.05, 0) is 39.0 Å². The topological polar surface area (TPSA) is 88.6 Å². The number of aryl methyl sites for hydroxylation is 2. The highest BCUT2D eigenvalue weighted by Crippen LogP contribution is 2.38. The van der Waals surface area contributed by atoms with Gasteiger partial charge in [-0.2, -0.15) is 13.2 Å². The van der Waals surface area contributed by atoms with E-state index in [-0.39, 0.29) is 16.4 Å². The Balaban J connectivity index is 1.99. The summed E-state index contributed by atoms with van der Waals surface area (Å²) in [5.74, 6) is -0.264. The van der Waals surface area contributed by atoms with Crippen molar-refractivity contribution in [2.45, 2.75) is 44.0 Å². The molecule has 1 amide bonds. The van der Waals surface area contributed by atoms with Crippen LogP contribution in [-0.2, 0) is 14.8 Å². The number of pyridine rings is 1. The number of anilines is 2. The third-order valence-corrected chi connectivity index (χ3v) is 6.72. The number of sulfonamides is 1. The molecular formula is C16H16F3N3O4S2. The van der Waals surface area contributed by atoms with Crippen LogP contribution in [-0.4, -0.2) is 37.8 Å². The Hall–Kier alpha value is -2.34. The van der Waals surface area contributed by atoms with E-state index in [4.69, 9.17) is 0 Å². The van der Waals surface area contributed by atoms with Crippen molar-refractivity contribution in [3.63, 3.8) is 0 Å². The summed E-state index contributed by atoms with van der Waals surface area (Å²) in [4.78, 5) is 18.1. The van der Waals surface area contributed by atoms with Gasteiger partial charge in [0.15, 0.2) is 5.82 Å². The zero-order valence-corrected chi connectivity index (χ0v) is 16.6. The van der Waals surface area contributed by atoms with Crippen molar-refractivity contribution in [3.05, 3.63) is 34.2 Å². The molecule has 1 saturated heterocycles. The number of ether oxygens (including phenoxy) is 1. The summed E-state index contributed by atoms with van der Waals surface area (Å²) >= 11 is 1.30. The first-order chi connectivity index (χ1) is 12.9. The first kappa shape index (κ1) is 20.4. The van der Waals surface area contributed by atoms with Gasteiger partial charge in [0, 0.05) is 16.0 Å². The first-order valence-corrected chi connectivity index (χ1v) is 10.3. The lowest BCUT2D eigenvalue weighted by atomic mass is 10.1. The first-order valence-electron chi connectivity index (χ1n) is 8.03. The Bertz CT molecular complexity index is 1020. The predicted molar refractivity (Wildman–Crippen MR) is 97.1 cm³/mol. The molecule has 1 fully saturated rings. The molecule has 152 valence electrons. The molecule has 0 saturated carbocycles. The highest BCUT2D eigenvalue weighted by atomic mass is 32.2. The van der Waals surface area contributed by atoms with E-state index in [1.165, 1.54) is 35.7 Å². The van der Waals surface area contributed by atoms with E-state index in [0.29, 0.717) is 9.78 Å². The number of rotatable bonds is 4. The molecule has 2 aromatic heterocycles. The van der Waals surface area contributed by atoms with Gasteiger partial charge in [0.25, 0.3) is 10.0 Å². The van der Waals surface area contributed by atoms with Gasteiger partial charge in [-0.1, -0.05) is 0 Å². The largest absolute Gasteiger partial charge is 0.434 e. The second kappa shape index (κ2) is 6.92. The number of hydrogen-bond donors (Lipinski definition) is 1. The van der Waals surface area contributed by atoms with Gasteiger partial charge in [-0.3, -0.25) is 9.62 Å². The zero-order chi connectivity index (χ0) is 20.9. The third kappa shape index (κ3) is 3.65. The molecule has 28 heavy (non-hydrogen) atoms. The maximum absolute atomic E-state index is 13.1. The van der Waals surface area contributed by atoms with Crippen molar-refractivity contribution in [2.24, 2.45) is 0 Å². The van der Waals surface area contributed by atoms with Gasteiger partial charge in [0.1, 0.15) is 4.90 Å². The Kier molecular flexibility index (Phi) is 5.04. The summed E-state index contributed by atoms with van der Waals surface area (Å²) in [7, 11) is -4.03. The average Bonchev–Trinajstić information content (AvgIpc) is 3.07. The van der Waals surface area contributed by atoms with Crippen LogP contribution in [0.25, 0.3) is 0 Å². The fourth-order valence-corrected chi connectivity index (χ4v) is 5.54. The number of thiophene rings is 1. The van der Waals surface area contributed by atoms with E-state index in [0.717, 1.165) is 11.8 Å². The van der Waals surface area contributed by atoms with Crippen molar-refractivity contribution < 1.29 is 31.1 Å². The smallest absolute Gasteiger partial charge is 0.427 e. The van der Waals surface area contributed by atoms with E-state index >= 15 is 0 Å². The fraction of sp³-hybridized carbons (Fsp3) is 0.375. The second-order valence-electron chi connectivity index (χ2n) is 6.21. The SMILES string of the molecule is Cc1cc(S(=O)(=O)Nc2cccnc2N2C(=O)O[C@H](C(F)(F)F)[C@H]2C)c(C)s1. The summed E-state index contributed by atoms with van der Waals surface area (Å²) in [6.07, 6.45) is -7.11. The van der Waals surface area contributed by atoms with Crippen LogP contribution in [0.15, 0.2) is 29.3 Å². The highest BCUT2D eigenvalue weighted by Gasteiger charge is 2.55. The summed E-state index contributed by atoms with van der Waals surface area (Å²) in [5, 5.41) is 0. The fourth-order valence-electron chi connectivity index (χ4n) is 2.93. The van der Waals surface area contributed by atoms with E-state index in [2.05, 4.69) is 14.4 Å². The minimum atomic E-state index is -4.76. The molecule has 0 radical (unpaired) electrons. The molecule has 7 nitrogen and oxygen atoms in total. The molecule has 1 aliphatic heterocycles. The number of carbonyl (C=O) groups excluding carboxylic acids is 1. The quantitative estimate of drug-likeness (QED) is 0.788. The Morgan fingerprint density at radius 1 is 1.32 bits per heavy atom. The Labute approximate surface area is 163 Å². The van der Waals surface area contributed by atoms with Gasteiger partial charge >= 0.3 is 12.3 Å². The molecule has 0 aliphatic carbocycles. The molecule has 2 aromatic rings. The number of nitrogens with one attached hydrogen (secondary N) is 1. The number of amides is 1. The summed E-state index contributed by atoms with van der Waals surface area (Å²) < 4.78 is 71.5. The van der Waals surface area contributed by atoms with Crippen molar-refractivity contribution in [1.29, 1.82) is 0 Å². The molecule has 1 aliphatic rings. The van der Waals surface area contributed by atoms with E-state index < -0.39 is 34.4 Å². The van der Waals surface area contributed by atoms with E-state index in [9.17, 15) is 26.4 Å². The molecule has 0 bridgehead atoms. The van der Waals surface area contributed by atoms with Crippen LogP contribution in [0.5, 0.6) is 0 Å². The minimum Gasteiger partial charge on any atom is -0.434 e. The van der Waals surface area contributed by atoms with Gasteiger partial charge in [0.2, 0.25) is 6.10 Å². The van der Waals surface area contributed by atoms with Crippen molar-refractivity contribution in [2.75, 3.05) is 9.62 Å². The average molecular weight is 435 g/mol. The number of hydrogen-bond acceptors (Lipinski definition) is 6. The lowest BCUT2D eigenvalue weighted by molar-refractivity contribution is -0.198. The Morgan fingerprint density at radius 2 is 2.00 bits per heavy atom. The van der Waals surface area contributed by atoms with E-state index in [1.54, 1.807) is 13.8 Å². The highest BCUT2D eigenvalue weighted by molar-refractivity contribution is 7.93. The Morgan fingerprint density at radius 3 is 2.54 bits per heavy atom. The molecule has 3 heterocycles. The number of nitrogens with zero attached hydrogens (tertiary/aromatic N) is 2. The molecule has 0 unspecified atom stereocenters. The molecule has 0 spiro atoms. The molecule has 0 aromatic carbocycles. The van der Waals surface area contributed by atoms with Crippen LogP contribution in [0.4, 0.5) is 29.5 Å². The van der Waals surface area contributed by atoms with Crippen LogP contribution in [0.1, 0.15) is 16.7 Å². The van der Waals surface area contributed by atoms with Gasteiger partial charge in [0.05, 0.1) is 11.7 Å². The van der Waals surface area contributed by atoms with Gasteiger partial charge < -0.3 is 4.74 Å². The lowest BCUT2D eigenvalue weighted by Gasteiger charge is -2.23. The molecule has 3 rings (SSSR count). The van der Waals surface area contributed by atoms with Crippen LogP contribution in [0.3, 0.4) is 0 Å². The van der Waals surface area contributed by atoms with Gasteiger partial charge in [-0.25, -0.2) is 18.2 Å². The normalized spacial score (nSPS) is 20.4. The maximum atomic E-state index is 13.1. The lowest BCUT2D eigenvalue weighted by Crippen LogP contribution is -2.41. The summed E-state index contributed by atoms with van der Waals surface area (Å²) in [6, 6.07) is 2.79. The number of aromatic nitrogens is 1. The second-order valence-corrected chi connectivity index (χ2v) is 9.33. The monoisotopic (exact) mass is 435 g/mol. The molecule has 12 heteroatoms. The van der Waals surface area contributed by atoms with Crippen LogP contribution < -0.4 is 9.62 Å². The number of cyclic esters (lactones) is 1. The number of alkyl halides is 3. The van der Waals surface area contributed by atoms with E-state index in [1.807, 2.05) is 0 Å². The minimum absolute atomic E-state index is 0.0509. The van der Waals surface area contributed by atoms with Crippen molar-refractivity contribution in [1.82, 2.24) is 4.98 Å². The zero-order valence-electron chi connectivity index (χ0n) is 14.9. The van der Waals surface area contributed by atoms with Crippen LogP contribution in [0, 0.1) is 13.8 Å². The molecular weight excluding hydrogens is 419 g/mol. The van der Waals surface area contributed by atoms with Crippen molar-refractivity contribution >= 4 is 39.0 Å². The number of carbonyl (C=O) groups is 1. The number of halogens is 3. The standard InChI is InChI=1S/C16H16F3N3O4S2/c1-8-7-12(10(3)27-8)28(24,25)21-11-5-4-6-20-14(11)22-9(2)13(16(17,18)19)26-15(22)23/h4-7,9,13,21H,1-3H3/t9-,13+/m1/s1. The predicted octanol–water partition coefficient (Wildman–Crippen LogP) is 3.84.